The fourth-order valence-corrected chi connectivity index (χ4v) is 17.1. The zero-order valence-electron chi connectivity index (χ0n) is 74.7. The third-order valence-electron chi connectivity index (χ3n) is 23.6. The monoisotopic (exact) mass is 1870 g/mol. The minimum absolute atomic E-state index is 0.0490. The van der Waals surface area contributed by atoms with E-state index in [-0.39, 0.29) is 88.7 Å². The molecule has 3 aromatic heterocycles. The van der Waals surface area contributed by atoms with E-state index in [1.54, 1.807) is 67.8 Å². The van der Waals surface area contributed by atoms with Crippen molar-refractivity contribution in [3.63, 3.8) is 0 Å². The van der Waals surface area contributed by atoms with Gasteiger partial charge in [-0.2, -0.15) is 0 Å². The summed E-state index contributed by atoms with van der Waals surface area (Å²) < 4.78 is 0. The van der Waals surface area contributed by atoms with Gasteiger partial charge in [0, 0.05) is 112 Å². The van der Waals surface area contributed by atoms with Crippen molar-refractivity contribution in [3.8, 4) is 5.75 Å². The Labute approximate surface area is 769 Å². The number of phenols is 1. The highest BCUT2D eigenvalue weighted by Crippen LogP contribution is 2.28. The van der Waals surface area contributed by atoms with E-state index in [0.29, 0.717) is 69.5 Å². The average molecular weight is 1870 g/mol. The van der Waals surface area contributed by atoms with E-state index in [9.17, 15) is 72.9 Å². The Hall–Kier alpha value is -14.0. The van der Waals surface area contributed by atoms with Gasteiger partial charge in [-0.05, 0) is 92.8 Å². The summed E-state index contributed by atoms with van der Waals surface area (Å²) in [5, 5.41) is 58.2. The molecule has 3 aliphatic rings. The molecular formula is C88H118N22O22S. The van der Waals surface area contributed by atoms with Crippen molar-refractivity contribution >= 4 is 146 Å². The fourth-order valence-electron chi connectivity index (χ4n) is 16.2. The van der Waals surface area contributed by atoms with Gasteiger partial charge >= 0.3 is 5.97 Å². The molecule has 0 spiro atoms. The molecular weight excluding hydrogens is 1750 g/mol. The number of nitrogens with one attached hydrogen (secondary N) is 13. The van der Waals surface area contributed by atoms with Gasteiger partial charge in [0.1, 0.15) is 90.3 Å². The van der Waals surface area contributed by atoms with Gasteiger partial charge in [-0.15, -0.1) is 11.8 Å². The molecule has 9 rings (SSSR count). The Bertz CT molecular complexity index is 5220. The number of aliphatic carboxylic acids is 1. The predicted octanol–water partition coefficient (Wildman–Crippen LogP) is -3.47. The zero-order chi connectivity index (χ0) is 97.0. The van der Waals surface area contributed by atoms with Crippen molar-refractivity contribution in [2.75, 3.05) is 58.9 Å². The number of carbonyl (C=O) groups is 19. The number of benzene rings is 3. The summed E-state index contributed by atoms with van der Waals surface area (Å²) in [7, 11) is 3.77. The van der Waals surface area contributed by atoms with E-state index in [4.69, 9.17) is 17.2 Å². The van der Waals surface area contributed by atoms with Crippen LogP contribution >= 0.6 is 11.8 Å². The van der Waals surface area contributed by atoms with Crippen LogP contribution in [0, 0.1) is 0 Å². The number of carbonyl (C=O) groups excluding carboxylic acids is 18. The third-order valence-corrected chi connectivity index (χ3v) is 24.7. The number of hydrogen-bond acceptors (Lipinski definition) is 23. The maximum Gasteiger partial charge on any atom is 0.303 e. The summed E-state index contributed by atoms with van der Waals surface area (Å²) in [4.78, 5) is 292. The normalized spacial score (nSPS) is 24.3. The lowest BCUT2D eigenvalue weighted by Crippen LogP contribution is -2.62. The Kier molecular flexibility index (Phi) is 37.7. The van der Waals surface area contributed by atoms with Crippen molar-refractivity contribution in [1.29, 1.82) is 0 Å². The number of phenolic OH excluding ortho intramolecular Hbond substituents is 1. The SMILES string of the molecule is CCCC[C@H]1C(=O)N(C)[C@@H](CCCC)C(=O)N[C@@H](CCC(=O)O)C(=O)N[C@H](C(=O)NCC(N)=O)CSCC(=O)N[C@@H](Cc2ccc(O)cc2)C(=O)N(C)[C@@H](C)C(=O)N[C@H](CC(N)=O)C(=O)N2CCC[C@H]2C(=O)N[C@@H](Cc2c[nH]cn2)C(=O)N[C@@H](CC(N)=O)C(=O)N2CCC[C@H]2C(=O)N[C@@H](Cc2c[nH]c3ccccc23)C(=O)N[C@@H](CO)C(=O)N[C@@H](Cc2c[nH]c3ccccc23)C(=O)N1C. The number of primary amides is 3. The maximum absolute atomic E-state index is 15.7. The zero-order valence-corrected chi connectivity index (χ0v) is 75.5. The van der Waals surface area contributed by atoms with Gasteiger partial charge in [-0.1, -0.05) is 88.1 Å². The first-order valence-electron chi connectivity index (χ1n) is 43.9. The molecule has 45 heteroatoms. The number of para-hydroxylation sites is 2. The molecule has 718 valence electrons. The average Bonchev–Trinajstić information content (AvgIpc) is 1.30. The number of unbranched alkanes of at least 4 members (excludes halogenated alkanes) is 2. The quantitative estimate of drug-likeness (QED) is 0.0265. The molecule has 3 fully saturated rings. The summed E-state index contributed by atoms with van der Waals surface area (Å²) in [6.07, 6.45) is 2.90. The van der Waals surface area contributed by atoms with Gasteiger partial charge in [-0.3, -0.25) is 91.1 Å². The lowest BCUT2D eigenvalue weighted by atomic mass is 10.00. The van der Waals surface area contributed by atoms with E-state index in [2.05, 4.69) is 73.1 Å². The Morgan fingerprint density at radius 1 is 0.496 bits per heavy atom. The minimum atomic E-state index is -1.91. The molecule has 18 amide bonds. The molecule has 14 atom stereocenters. The van der Waals surface area contributed by atoms with Gasteiger partial charge < -0.3 is 125 Å². The number of nitrogens with zero attached hydrogens (tertiary/aromatic N) is 6. The molecule has 6 heterocycles. The number of nitrogens with two attached hydrogens (primary N) is 3. The molecule has 3 aromatic carbocycles. The number of aliphatic hydroxyl groups is 1. The molecule has 0 bridgehead atoms. The number of likely N-dealkylation sites (N-methyl/N-ethyl adjacent to an activating group) is 3. The summed E-state index contributed by atoms with van der Waals surface area (Å²) in [6, 6.07) is -3.50. The number of thioether (sulfide) groups is 1. The molecule has 0 saturated carbocycles. The molecule has 3 aliphatic heterocycles. The number of fused-ring (bicyclic) bond motifs is 4. The maximum atomic E-state index is 15.7. The third kappa shape index (κ3) is 28.3. The molecule has 0 unspecified atom stereocenters. The number of aliphatic hydroxyl groups excluding tert-OH is 1. The van der Waals surface area contributed by atoms with Crippen molar-refractivity contribution < 1.29 is 106 Å². The van der Waals surface area contributed by atoms with Gasteiger partial charge in [0.25, 0.3) is 0 Å². The first-order chi connectivity index (χ1) is 63.4. The Balaban J connectivity index is 1.09. The number of aromatic nitrogens is 4. The largest absolute Gasteiger partial charge is 0.508 e. The summed E-state index contributed by atoms with van der Waals surface area (Å²) in [5.74, 6) is -21.0. The van der Waals surface area contributed by atoms with Crippen LogP contribution in [0.2, 0.25) is 0 Å². The number of rotatable bonds is 25. The molecule has 3 saturated heterocycles. The van der Waals surface area contributed by atoms with Crippen molar-refractivity contribution in [3.05, 3.63) is 120 Å². The summed E-state index contributed by atoms with van der Waals surface area (Å²) in [6.45, 7) is 2.63. The van der Waals surface area contributed by atoms with Crippen LogP contribution in [0.5, 0.6) is 5.75 Å². The van der Waals surface area contributed by atoms with E-state index in [0.717, 1.165) is 24.5 Å². The van der Waals surface area contributed by atoms with Gasteiger partial charge in [0.2, 0.25) is 106 Å². The highest BCUT2D eigenvalue weighted by Gasteiger charge is 2.46. The minimum Gasteiger partial charge on any atom is -0.508 e. The lowest BCUT2D eigenvalue weighted by Gasteiger charge is -2.36. The van der Waals surface area contributed by atoms with Crippen LogP contribution in [-0.4, -0.2) is 316 Å². The van der Waals surface area contributed by atoms with Crippen LogP contribution in [0.15, 0.2) is 97.7 Å². The molecule has 22 N–H and O–H groups in total. The van der Waals surface area contributed by atoms with Gasteiger partial charge in [0.05, 0.1) is 43.8 Å². The number of carboxylic acid groups (broad SMARTS) is 1. The Morgan fingerprint density at radius 3 is 1.50 bits per heavy atom. The van der Waals surface area contributed by atoms with E-state index < -0.39 is 254 Å². The first-order valence-corrected chi connectivity index (χ1v) is 45.1. The molecule has 44 nitrogen and oxygen atoms in total. The van der Waals surface area contributed by atoms with E-state index in [1.165, 1.54) is 64.9 Å². The topological polar surface area (TPSA) is 660 Å². The molecule has 133 heavy (non-hydrogen) atoms. The highest BCUT2D eigenvalue weighted by molar-refractivity contribution is 8.00. The summed E-state index contributed by atoms with van der Waals surface area (Å²) in [5.41, 5.74) is 19.6. The predicted molar refractivity (Wildman–Crippen MR) is 480 cm³/mol. The van der Waals surface area contributed by atoms with Crippen LogP contribution in [0.25, 0.3) is 21.8 Å². The first kappa shape index (κ1) is 103. The number of aromatic amines is 3. The van der Waals surface area contributed by atoms with Crippen LogP contribution < -0.4 is 70.4 Å². The van der Waals surface area contributed by atoms with Crippen molar-refractivity contribution in [1.82, 2.24) is 97.6 Å². The number of aromatic hydroxyl groups is 1. The van der Waals surface area contributed by atoms with Gasteiger partial charge in [-0.25, -0.2) is 4.98 Å². The van der Waals surface area contributed by atoms with Crippen molar-refractivity contribution in [2.45, 2.75) is 221 Å². The standard InChI is InChI=1S/C88H118N22O22S/c1-7-9-21-66-81(125)98-57(29-30-74(117)118)77(121)105-65(76(120)95-42-72(91)115)44-133-45-73(116)97-60(33-48-25-27-52(112)28-26-48)84(128)106(4)47(3)75(119)101-62(37-70(89)113)86(130)109-31-16-24-68(109)83(127)100-59(36-51-41-92-46-96-51)79(123)103-63(38-71(90)114)87(131)110-32-15-23-67(110)82(126)99-58(34-49-39-93-55-19-13-11-17-53(49)55)78(122)104-64(43-111)80(124)102-61(35-50-40-94-56-20-14-12-18-54(50)56)85(129)108(6)69(22-10-8-2)88(132)107(66)5/h11-14,17-20,25-28,39-41,46-47,57-69,93-94,111-112H,7-10,15-16,21-24,29-38,42-45H2,1-6H3,(H2,89,113)(H2,90,114)(H2,91,115)(H,92,96)(H,95,120)(H,97,116)(H,98,125)(H,99,126)(H,100,127)(H,101,119)(H,102,124)(H,103,123)(H,104,122)(H,105,121)(H,117,118)/t47-,57-,58-,59-,60-,61-,62+,63-,64-,65-,66-,67-,68-,69-/m0/s1. The number of H-pyrrole nitrogens is 3. The van der Waals surface area contributed by atoms with Crippen LogP contribution in [0.4, 0.5) is 0 Å². The molecule has 0 aliphatic carbocycles. The van der Waals surface area contributed by atoms with Crippen LogP contribution in [0.3, 0.4) is 0 Å². The summed E-state index contributed by atoms with van der Waals surface area (Å²) >= 11 is 0.699. The second-order valence-corrected chi connectivity index (χ2v) is 34.3. The number of carboxylic acids is 1. The van der Waals surface area contributed by atoms with E-state index >= 15 is 33.6 Å². The van der Waals surface area contributed by atoms with E-state index in [1.807, 2.05) is 6.92 Å². The smallest absolute Gasteiger partial charge is 0.303 e. The van der Waals surface area contributed by atoms with Crippen LogP contribution in [-0.2, 0) is 117 Å². The highest BCUT2D eigenvalue weighted by atomic mass is 32.2. The second kappa shape index (κ2) is 48.8. The van der Waals surface area contributed by atoms with Gasteiger partial charge in [0.15, 0.2) is 0 Å². The Morgan fingerprint density at radius 2 is 0.970 bits per heavy atom. The van der Waals surface area contributed by atoms with Crippen LogP contribution in [0.1, 0.15) is 133 Å². The number of amides is 18. The molecule has 0 radical (unpaired) electrons. The fraction of sp³-hybridized carbons (Fsp3) is 0.500. The molecule has 6 aromatic rings. The number of hydrogen-bond donors (Lipinski definition) is 19. The van der Waals surface area contributed by atoms with Crippen molar-refractivity contribution in [2.24, 2.45) is 17.2 Å². The number of imidazole rings is 1. The lowest BCUT2D eigenvalue weighted by molar-refractivity contribution is -0.149. The second-order valence-electron chi connectivity index (χ2n) is 33.2.